The predicted molar refractivity (Wildman–Crippen MR) is 56.2 cm³/mol. The molecule has 1 heterocycles. The second-order valence-corrected chi connectivity index (χ2v) is 2.70. The van der Waals surface area contributed by atoms with Crippen LogP contribution in [0.4, 0.5) is 5.88 Å². The Kier molecular flexibility index (Phi) is 3.50. The van der Waals surface area contributed by atoms with Crippen molar-refractivity contribution in [1.29, 1.82) is 15.8 Å². The summed E-state index contributed by atoms with van der Waals surface area (Å²) in [7, 11) is 0. The summed E-state index contributed by atoms with van der Waals surface area (Å²) >= 11 is 0. The van der Waals surface area contributed by atoms with Crippen molar-refractivity contribution in [2.45, 2.75) is 0 Å². The van der Waals surface area contributed by atoms with Crippen LogP contribution >= 0.6 is 0 Å². The third-order valence-electron chi connectivity index (χ3n) is 1.66. The lowest BCUT2D eigenvalue weighted by Gasteiger charge is -1.82. The Morgan fingerprint density at radius 1 is 1.31 bits per heavy atom. The van der Waals surface area contributed by atoms with Gasteiger partial charge in [0.25, 0.3) is 0 Å². The molecule has 1 aromatic rings. The molecule has 0 aromatic carbocycles. The molecule has 5 nitrogen and oxygen atoms in total. The highest BCUT2D eigenvalue weighted by Gasteiger charge is 2.03. The molecule has 0 unspecified atom stereocenters. The van der Waals surface area contributed by atoms with Crippen LogP contribution in [0.5, 0.6) is 0 Å². The zero-order chi connectivity index (χ0) is 12.0. The fraction of sp³-hybridized carbons (Fsp3) is 0. The van der Waals surface area contributed by atoms with E-state index < -0.39 is 0 Å². The van der Waals surface area contributed by atoms with Gasteiger partial charge >= 0.3 is 0 Å². The second kappa shape index (κ2) is 5.05. The summed E-state index contributed by atoms with van der Waals surface area (Å²) in [5, 5.41) is 25.5. The molecule has 0 amide bonds. The van der Waals surface area contributed by atoms with Gasteiger partial charge in [0.2, 0.25) is 5.88 Å². The van der Waals surface area contributed by atoms with E-state index in [1.165, 1.54) is 24.3 Å². The van der Waals surface area contributed by atoms with E-state index >= 15 is 0 Å². The largest absolute Gasteiger partial charge is 0.440 e. The molecule has 0 saturated heterocycles. The van der Waals surface area contributed by atoms with Crippen molar-refractivity contribution in [1.82, 2.24) is 0 Å². The standard InChI is InChI=1S/C11H6N4O/c12-5-8(6-13)2-1-3-10-4-9(7-14)11(15)16-10/h1-4H,15H2. The summed E-state index contributed by atoms with van der Waals surface area (Å²) in [4.78, 5) is 0. The third-order valence-corrected chi connectivity index (χ3v) is 1.66. The molecule has 76 valence electrons. The molecule has 0 spiro atoms. The van der Waals surface area contributed by atoms with Crippen molar-refractivity contribution in [3.8, 4) is 18.2 Å². The van der Waals surface area contributed by atoms with E-state index in [-0.39, 0.29) is 17.0 Å². The Balaban J connectivity index is 2.88. The Hall–Kier alpha value is -2.97. The maximum atomic E-state index is 8.61. The summed E-state index contributed by atoms with van der Waals surface area (Å²) in [5.74, 6) is 0.437. The van der Waals surface area contributed by atoms with Crippen molar-refractivity contribution < 1.29 is 4.42 Å². The number of furan rings is 1. The molecule has 0 aliphatic heterocycles. The van der Waals surface area contributed by atoms with Gasteiger partial charge in [-0.05, 0) is 12.2 Å². The average Bonchev–Trinajstić information content (AvgIpc) is 2.65. The maximum Gasteiger partial charge on any atom is 0.208 e. The summed E-state index contributed by atoms with van der Waals surface area (Å²) in [5.41, 5.74) is 5.63. The lowest BCUT2D eigenvalue weighted by Crippen LogP contribution is -1.82. The molecule has 0 saturated carbocycles. The average molecular weight is 210 g/mol. The van der Waals surface area contributed by atoms with E-state index in [4.69, 9.17) is 25.9 Å². The summed E-state index contributed by atoms with van der Waals surface area (Å²) < 4.78 is 5.03. The number of nitrogen functional groups attached to an aromatic ring is 1. The van der Waals surface area contributed by atoms with Crippen molar-refractivity contribution in [2.75, 3.05) is 5.73 Å². The van der Waals surface area contributed by atoms with Crippen molar-refractivity contribution in [3.63, 3.8) is 0 Å². The molecule has 0 radical (unpaired) electrons. The Morgan fingerprint density at radius 3 is 2.50 bits per heavy atom. The van der Waals surface area contributed by atoms with Gasteiger partial charge < -0.3 is 10.2 Å². The summed E-state index contributed by atoms with van der Waals surface area (Å²) in [6, 6.07) is 6.75. The SMILES string of the molecule is N#CC(C#N)=CC=Cc1cc(C#N)c(N)o1. The molecule has 0 aliphatic carbocycles. The number of hydrogen-bond donors (Lipinski definition) is 1. The van der Waals surface area contributed by atoms with Gasteiger partial charge in [0.1, 0.15) is 35.1 Å². The van der Waals surface area contributed by atoms with Gasteiger partial charge in [-0.2, -0.15) is 15.8 Å². The zero-order valence-corrected chi connectivity index (χ0v) is 8.14. The van der Waals surface area contributed by atoms with Gasteiger partial charge in [-0.1, -0.05) is 6.08 Å². The zero-order valence-electron chi connectivity index (χ0n) is 8.14. The maximum absolute atomic E-state index is 8.61. The van der Waals surface area contributed by atoms with E-state index in [0.717, 1.165) is 0 Å². The van der Waals surface area contributed by atoms with Crippen molar-refractivity contribution >= 4 is 12.0 Å². The minimum atomic E-state index is -0.0173. The minimum Gasteiger partial charge on any atom is -0.440 e. The quantitative estimate of drug-likeness (QED) is 0.590. The molecule has 0 atom stereocenters. The van der Waals surface area contributed by atoms with Crippen LogP contribution in [0.2, 0.25) is 0 Å². The van der Waals surface area contributed by atoms with E-state index in [1.54, 1.807) is 12.1 Å². The monoisotopic (exact) mass is 210 g/mol. The number of rotatable bonds is 2. The number of nitrogens with two attached hydrogens (primary N) is 1. The highest BCUT2D eigenvalue weighted by molar-refractivity contribution is 5.56. The van der Waals surface area contributed by atoms with Crippen LogP contribution in [-0.4, -0.2) is 0 Å². The molecular weight excluding hydrogens is 204 g/mol. The minimum absolute atomic E-state index is 0.0173. The van der Waals surface area contributed by atoms with E-state index in [9.17, 15) is 0 Å². The van der Waals surface area contributed by atoms with Crippen LogP contribution in [0.1, 0.15) is 11.3 Å². The Labute approximate surface area is 91.9 Å². The normalized spacial score (nSPS) is 9.06. The number of nitrogens with zero attached hydrogens (tertiary/aromatic N) is 3. The lowest BCUT2D eigenvalue weighted by molar-refractivity contribution is 0.576. The fourth-order valence-corrected chi connectivity index (χ4v) is 0.933. The summed E-state index contributed by atoms with van der Waals surface area (Å²) in [6.07, 6.45) is 4.32. The van der Waals surface area contributed by atoms with Gasteiger partial charge in [-0.15, -0.1) is 0 Å². The molecule has 0 fully saturated rings. The van der Waals surface area contributed by atoms with Crippen LogP contribution < -0.4 is 5.73 Å². The van der Waals surface area contributed by atoms with E-state index in [1.807, 2.05) is 6.07 Å². The number of anilines is 1. The van der Waals surface area contributed by atoms with E-state index in [2.05, 4.69) is 0 Å². The predicted octanol–water partition coefficient (Wildman–Crippen LogP) is 1.72. The van der Waals surface area contributed by atoms with Gasteiger partial charge in [0, 0.05) is 6.07 Å². The van der Waals surface area contributed by atoms with Crippen molar-refractivity contribution in [3.05, 3.63) is 35.1 Å². The molecule has 5 heteroatoms. The molecule has 0 aliphatic rings. The van der Waals surface area contributed by atoms with Crippen LogP contribution in [-0.2, 0) is 0 Å². The van der Waals surface area contributed by atoms with Crippen LogP contribution in [0.3, 0.4) is 0 Å². The van der Waals surface area contributed by atoms with Crippen LogP contribution in [0.25, 0.3) is 6.08 Å². The van der Waals surface area contributed by atoms with Crippen LogP contribution in [0, 0.1) is 34.0 Å². The van der Waals surface area contributed by atoms with Gasteiger partial charge in [0.05, 0.1) is 0 Å². The highest BCUT2D eigenvalue weighted by atomic mass is 16.3. The van der Waals surface area contributed by atoms with Crippen molar-refractivity contribution in [2.24, 2.45) is 0 Å². The first-order chi connectivity index (χ1) is 7.71. The molecule has 2 N–H and O–H groups in total. The number of hydrogen-bond acceptors (Lipinski definition) is 5. The van der Waals surface area contributed by atoms with E-state index in [0.29, 0.717) is 5.76 Å². The highest BCUT2D eigenvalue weighted by Crippen LogP contribution is 2.17. The smallest absolute Gasteiger partial charge is 0.208 e. The Bertz CT molecular complexity index is 557. The lowest BCUT2D eigenvalue weighted by atomic mass is 10.2. The first-order valence-corrected chi connectivity index (χ1v) is 4.19. The first-order valence-electron chi connectivity index (χ1n) is 4.19. The topological polar surface area (TPSA) is 111 Å². The van der Waals surface area contributed by atoms with Gasteiger partial charge in [0.15, 0.2) is 0 Å². The second-order valence-electron chi connectivity index (χ2n) is 2.70. The van der Waals surface area contributed by atoms with Gasteiger partial charge in [-0.3, -0.25) is 0 Å². The molecular formula is C11H6N4O. The number of allylic oxidation sites excluding steroid dienone is 3. The van der Waals surface area contributed by atoms with Crippen LogP contribution in [0.15, 0.2) is 28.2 Å². The fourth-order valence-electron chi connectivity index (χ4n) is 0.933. The molecule has 1 rings (SSSR count). The first kappa shape index (κ1) is 11.1. The Morgan fingerprint density at radius 2 is 2.00 bits per heavy atom. The summed E-state index contributed by atoms with van der Waals surface area (Å²) in [6.45, 7) is 0. The molecule has 1 aromatic heterocycles. The third kappa shape index (κ3) is 2.51. The number of nitriles is 3. The van der Waals surface area contributed by atoms with Gasteiger partial charge in [-0.25, -0.2) is 0 Å². The molecule has 0 bridgehead atoms. The molecule has 16 heavy (non-hydrogen) atoms.